The van der Waals surface area contributed by atoms with Gasteiger partial charge >= 0.3 is 6.18 Å². The number of halogens is 3. The Morgan fingerprint density at radius 1 is 0.889 bits per heavy atom. The number of nitrogens with zero attached hydrogens (tertiary/aromatic N) is 1. The van der Waals surface area contributed by atoms with Crippen molar-refractivity contribution in [3.8, 4) is 5.75 Å². The maximum absolute atomic E-state index is 13.1. The van der Waals surface area contributed by atoms with E-state index in [1.54, 1.807) is 12.1 Å². The van der Waals surface area contributed by atoms with Gasteiger partial charge in [-0.25, -0.2) is 0 Å². The van der Waals surface area contributed by atoms with E-state index in [0.717, 1.165) is 0 Å². The van der Waals surface area contributed by atoms with Gasteiger partial charge in [0, 0.05) is 6.20 Å². The average molecular weight is 508 g/mol. The van der Waals surface area contributed by atoms with Gasteiger partial charge in [0.15, 0.2) is 0 Å². The van der Waals surface area contributed by atoms with Crippen LogP contribution < -0.4 is 20.7 Å². The number of aromatic nitrogens is 1. The highest BCUT2D eigenvalue weighted by Crippen LogP contribution is 2.23. The van der Waals surface area contributed by atoms with Crippen LogP contribution in [0.4, 0.5) is 13.2 Å². The predicted octanol–water partition coefficient (Wildman–Crippen LogP) is 2.34. The third-order valence-electron chi connectivity index (χ3n) is 5.16. The smallest absolute Gasteiger partial charge is 0.452 e. The quantitative estimate of drug-likeness (QED) is 0.452. The van der Waals surface area contributed by atoms with Gasteiger partial charge in [0.1, 0.15) is 23.5 Å². The van der Waals surface area contributed by atoms with Gasteiger partial charge in [-0.05, 0) is 42.7 Å². The van der Waals surface area contributed by atoms with Crippen LogP contribution in [-0.2, 0) is 14.4 Å². The number of benzene rings is 1. The number of ketones is 1. The SMILES string of the molecule is COc1ccc([C@H](NC(=O)[C@H](C)NC(=O)c2ccccn2)C(=O)N[C@H](C(=O)C(F)(F)F)C(C)C)cc1. The van der Waals surface area contributed by atoms with Crippen LogP contribution in [0.2, 0.25) is 0 Å². The van der Waals surface area contributed by atoms with Crippen molar-refractivity contribution in [1.82, 2.24) is 20.9 Å². The fourth-order valence-corrected chi connectivity index (χ4v) is 3.14. The topological polar surface area (TPSA) is 126 Å². The van der Waals surface area contributed by atoms with Crippen molar-refractivity contribution in [2.75, 3.05) is 7.11 Å². The molecule has 0 fully saturated rings. The molecule has 3 amide bonds. The molecule has 0 radical (unpaired) electrons. The van der Waals surface area contributed by atoms with Crippen LogP contribution in [0.15, 0.2) is 48.7 Å². The van der Waals surface area contributed by atoms with Crippen molar-refractivity contribution in [2.45, 2.75) is 45.1 Å². The van der Waals surface area contributed by atoms with Crippen LogP contribution in [-0.4, -0.2) is 53.9 Å². The molecule has 0 bridgehead atoms. The van der Waals surface area contributed by atoms with Crippen LogP contribution in [0.5, 0.6) is 5.75 Å². The minimum absolute atomic E-state index is 0.0621. The number of ether oxygens (including phenoxy) is 1. The number of nitrogens with one attached hydrogen (secondary N) is 3. The fourth-order valence-electron chi connectivity index (χ4n) is 3.14. The number of pyridine rings is 1. The molecule has 2 aromatic rings. The van der Waals surface area contributed by atoms with Crippen molar-refractivity contribution >= 4 is 23.5 Å². The average Bonchev–Trinajstić information content (AvgIpc) is 2.84. The lowest BCUT2D eigenvalue weighted by Gasteiger charge is -2.26. The molecule has 0 spiro atoms. The Morgan fingerprint density at radius 2 is 1.53 bits per heavy atom. The van der Waals surface area contributed by atoms with Gasteiger partial charge in [-0.1, -0.05) is 32.0 Å². The molecule has 3 atom stereocenters. The summed E-state index contributed by atoms with van der Waals surface area (Å²) in [5.74, 6) is -5.02. The lowest BCUT2D eigenvalue weighted by molar-refractivity contribution is -0.175. The first-order chi connectivity index (χ1) is 16.8. The Balaban J connectivity index is 2.27. The Morgan fingerprint density at radius 3 is 2.03 bits per heavy atom. The minimum Gasteiger partial charge on any atom is -0.497 e. The molecule has 0 saturated heterocycles. The normalized spacial score (nSPS) is 13.8. The van der Waals surface area contributed by atoms with E-state index in [1.807, 2.05) is 0 Å². The Bertz CT molecular complexity index is 1080. The van der Waals surface area contributed by atoms with E-state index in [1.165, 1.54) is 64.4 Å². The first-order valence-corrected chi connectivity index (χ1v) is 10.9. The highest BCUT2D eigenvalue weighted by atomic mass is 19.4. The van der Waals surface area contributed by atoms with Gasteiger partial charge in [0.2, 0.25) is 11.8 Å². The van der Waals surface area contributed by atoms with Gasteiger partial charge in [-0.15, -0.1) is 0 Å². The maximum Gasteiger partial charge on any atom is 0.452 e. The zero-order valence-electron chi connectivity index (χ0n) is 20.1. The summed E-state index contributed by atoms with van der Waals surface area (Å²) >= 11 is 0. The summed E-state index contributed by atoms with van der Waals surface area (Å²) < 4.78 is 44.3. The van der Waals surface area contributed by atoms with Gasteiger partial charge in [0.05, 0.1) is 13.2 Å². The third-order valence-corrected chi connectivity index (χ3v) is 5.16. The van der Waals surface area contributed by atoms with E-state index in [0.29, 0.717) is 5.75 Å². The lowest BCUT2D eigenvalue weighted by atomic mass is 9.97. The van der Waals surface area contributed by atoms with Crippen LogP contribution in [0.1, 0.15) is 42.9 Å². The number of hydrogen-bond acceptors (Lipinski definition) is 6. The standard InChI is InChI=1S/C24H27F3N4O5/c1-13(2)18(20(32)24(25,26)27)30-23(35)19(15-8-10-16(36-4)11-9-15)31-21(33)14(3)29-22(34)17-7-5-6-12-28-17/h5-14,18-19H,1-4H3,(H,29,34)(H,30,35)(H,31,33)/t14-,18-,19-/m0/s1. The first kappa shape index (κ1) is 28.3. The van der Waals surface area contributed by atoms with E-state index in [2.05, 4.69) is 20.9 Å². The van der Waals surface area contributed by atoms with E-state index in [-0.39, 0.29) is 11.3 Å². The summed E-state index contributed by atoms with van der Waals surface area (Å²) in [7, 11) is 1.42. The highest BCUT2D eigenvalue weighted by Gasteiger charge is 2.45. The number of carbonyl (C=O) groups is 4. The number of rotatable bonds is 10. The van der Waals surface area contributed by atoms with Gasteiger partial charge in [-0.2, -0.15) is 13.2 Å². The zero-order chi connectivity index (χ0) is 27.0. The van der Waals surface area contributed by atoms with Crippen molar-refractivity contribution in [1.29, 1.82) is 0 Å². The van der Waals surface area contributed by atoms with Crippen LogP contribution in [0.25, 0.3) is 0 Å². The van der Waals surface area contributed by atoms with Gasteiger partial charge in [-0.3, -0.25) is 24.2 Å². The number of carbonyl (C=O) groups excluding carboxylic acids is 4. The third kappa shape index (κ3) is 7.52. The van der Waals surface area contributed by atoms with E-state index in [9.17, 15) is 32.3 Å². The largest absolute Gasteiger partial charge is 0.497 e. The second-order valence-corrected chi connectivity index (χ2v) is 8.22. The Kier molecular flexibility index (Phi) is 9.53. The molecule has 36 heavy (non-hydrogen) atoms. The highest BCUT2D eigenvalue weighted by molar-refractivity contribution is 5.98. The van der Waals surface area contributed by atoms with Crippen LogP contribution in [0, 0.1) is 5.92 Å². The minimum atomic E-state index is -5.16. The molecule has 1 heterocycles. The molecule has 194 valence electrons. The fraction of sp³-hybridized carbons (Fsp3) is 0.375. The summed E-state index contributed by atoms with van der Waals surface area (Å²) in [6, 6.07) is 6.04. The molecule has 0 saturated carbocycles. The maximum atomic E-state index is 13.1. The molecule has 1 aromatic carbocycles. The monoisotopic (exact) mass is 508 g/mol. The van der Waals surface area contributed by atoms with Gasteiger partial charge in [0.25, 0.3) is 11.7 Å². The van der Waals surface area contributed by atoms with Crippen LogP contribution in [0.3, 0.4) is 0 Å². The van der Waals surface area contributed by atoms with Crippen molar-refractivity contribution in [3.05, 3.63) is 59.9 Å². The van der Waals surface area contributed by atoms with Crippen LogP contribution >= 0.6 is 0 Å². The van der Waals surface area contributed by atoms with Crippen molar-refractivity contribution < 1.29 is 37.1 Å². The second-order valence-electron chi connectivity index (χ2n) is 8.22. The molecule has 0 aliphatic heterocycles. The van der Waals surface area contributed by atoms with E-state index >= 15 is 0 Å². The van der Waals surface area contributed by atoms with E-state index < -0.39 is 53.7 Å². The molecule has 0 unspecified atom stereocenters. The molecule has 0 aliphatic rings. The van der Waals surface area contributed by atoms with E-state index in [4.69, 9.17) is 4.74 Å². The molecule has 3 N–H and O–H groups in total. The lowest BCUT2D eigenvalue weighted by Crippen LogP contribution is -2.54. The summed E-state index contributed by atoms with van der Waals surface area (Å²) in [5.41, 5.74) is 0.277. The van der Waals surface area contributed by atoms with Crippen molar-refractivity contribution in [3.63, 3.8) is 0 Å². The summed E-state index contributed by atoms with van der Waals surface area (Å²) in [4.78, 5) is 54.0. The number of hydrogen-bond donors (Lipinski definition) is 3. The molecule has 1 aromatic heterocycles. The molecule has 9 nitrogen and oxygen atoms in total. The number of amides is 3. The summed E-state index contributed by atoms with van der Waals surface area (Å²) in [6.45, 7) is 4.07. The second kappa shape index (κ2) is 12.1. The molecular weight excluding hydrogens is 481 g/mol. The molecular formula is C24H27F3N4O5. The predicted molar refractivity (Wildman–Crippen MR) is 123 cm³/mol. The number of alkyl halides is 3. The first-order valence-electron chi connectivity index (χ1n) is 10.9. The number of Topliss-reactive ketones (excluding diaryl/α,β-unsaturated/α-hetero) is 1. The van der Waals surface area contributed by atoms with Crippen molar-refractivity contribution in [2.24, 2.45) is 5.92 Å². The summed E-state index contributed by atoms with van der Waals surface area (Å²) in [6.07, 6.45) is -3.76. The molecule has 2 rings (SSSR count). The molecule has 0 aliphatic carbocycles. The Labute approximate surface area is 205 Å². The molecule has 12 heteroatoms. The zero-order valence-corrected chi connectivity index (χ0v) is 20.1. The summed E-state index contributed by atoms with van der Waals surface area (Å²) in [5, 5.41) is 6.98. The Hall–Kier alpha value is -3.96. The number of methoxy groups -OCH3 is 1. The van der Waals surface area contributed by atoms with Gasteiger partial charge < -0.3 is 20.7 Å².